The lowest BCUT2D eigenvalue weighted by molar-refractivity contribution is -0.149. The molecule has 1 aliphatic heterocycles. The summed E-state index contributed by atoms with van der Waals surface area (Å²) in [7, 11) is 0. The second kappa shape index (κ2) is 6.11. The number of nitrogens with zero attached hydrogens (tertiary/aromatic N) is 1. The third kappa shape index (κ3) is 5.38. The normalized spacial score (nSPS) is 21.7. The van der Waals surface area contributed by atoms with E-state index in [2.05, 4.69) is 5.32 Å². The number of carbonyl (C=O) groups is 1. The highest BCUT2D eigenvalue weighted by Gasteiger charge is 2.30. The van der Waals surface area contributed by atoms with Gasteiger partial charge in [-0.1, -0.05) is 0 Å². The van der Waals surface area contributed by atoms with Crippen molar-refractivity contribution in [2.24, 2.45) is 5.92 Å². The van der Waals surface area contributed by atoms with Crippen molar-refractivity contribution in [2.45, 2.75) is 50.7 Å². The number of likely N-dealkylation sites (tertiary alicyclic amines) is 1. The third-order valence-corrected chi connectivity index (χ3v) is 3.86. The van der Waals surface area contributed by atoms with Gasteiger partial charge in [0.1, 0.15) is 0 Å². The van der Waals surface area contributed by atoms with Gasteiger partial charge in [-0.15, -0.1) is 0 Å². The lowest BCUT2D eigenvalue weighted by Crippen LogP contribution is -2.45. The van der Waals surface area contributed by atoms with Gasteiger partial charge < -0.3 is 10.2 Å². The van der Waals surface area contributed by atoms with E-state index in [9.17, 15) is 18.0 Å². The quantitative estimate of drug-likeness (QED) is 0.837. The van der Waals surface area contributed by atoms with E-state index in [1.165, 1.54) is 12.8 Å². The summed E-state index contributed by atoms with van der Waals surface area (Å²) in [6.45, 7) is 2.21. The Kier molecular flexibility index (Phi) is 4.71. The highest BCUT2D eigenvalue weighted by atomic mass is 19.4. The fraction of sp³-hybridized carbons (Fsp3) is 0.923. The van der Waals surface area contributed by atoms with Crippen LogP contribution in [0.25, 0.3) is 0 Å². The molecule has 0 aromatic heterocycles. The summed E-state index contributed by atoms with van der Waals surface area (Å²) in [6, 6.07) is 0.423. The van der Waals surface area contributed by atoms with E-state index in [0.717, 1.165) is 25.3 Å². The van der Waals surface area contributed by atoms with Crippen LogP contribution in [0.5, 0.6) is 0 Å². The summed E-state index contributed by atoms with van der Waals surface area (Å²) in [5.74, 6) is 0.462. The van der Waals surface area contributed by atoms with Crippen molar-refractivity contribution >= 4 is 5.91 Å². The van der Waals surface area contributed by atoms with Crippen LogP contribution in [0.15, 0.2) is 0 Å². The Balaban J connectivity index is 1.62. The molecule has 0 bridgehead atoms. The van der Waals surface area contributed by atoms with Crippen molar-refractivity contribution in [2.75, 3.05) is 19.6 Å². The van der Waals surface area contributed by atoms with Gasteiger partial charge in [0.25, 0.3) is 0 Å². The molecule has 19 heavy (non-hydrogen) atoms. The molecule has 1 heterocycles. The van der Waals surface area contributed by atoms with Crippen molar-refractivity contribution in [1.82, 2.24) is 10.2 Å². The first kappa shape index (κ1) is 14.6. The molecule has 110 valence electrons. The zero-order chi connectivity index (χ0) is 13.9. The number of halogens is 3. The topological polar surface area (TPSA) is 32.3 Å². The molecule has 3 nitrogen and oxygen atoms in total. The molecule has 0 radical (unpaired) electrons. The van der Waals surface area contributed by atoms with Gasteiger partial charge in [-0.2, -0.15) is 13.2 Å². The van der Waals surface area contributed by atoms with E-state index in [1.54, 1.807) is 4.90 Å². The number of rotatable bonds is 5. The number of carbonyl (C=O) groups excluding carboxylic acids is 1. The van der Waals surface area contributed by atoms with Crippen LogP contribution in [0.3, 0.4) is 0 Å². The highest BCUT2D eigenvalue weighted by molar-refractivity contribution is 5.76. The summed E-state index contributed by atoms with van der Waals surface area (Å²) in [5, 5.41) is 3.48. The lowest BCUT2D eigenvalue weighted by atomic mass is 10.0. The predicted molar refractivity (Wildman–Crippen MR) is 65.6 cm³/mol. The van der Waals surface area contributed by atoms with Crippen molar-refractivity contribution < 1.29 is 18.0 Å². The fourth-order valence-electron chi connectivity index (χ4n) is 2.40. The molecule has 2 aliphatic rings. The Morgan fingerprint density at radius 3 is 2.32 bits per heavy atom. The van der Waals surface area contributed by atoms with Crippen molar-refractivity contribution in [1.29, 1.82) is 0 Å². The molecule has 0 aromatic carbocycles. The van der Waals surface area contributed by atoms with Gasteiger partial charge in [-0.3, -0.25) is 4.79 Å². The first-order chi connectivity index (χ1) is 8.94. The number of amides is 1. The van der Waals surface area contributed by atoms with Crippen LogP contribution in [0.1, 0.15) is 38.5 Å². The van der Waals surface area contributed by atoms with Crippen LogP contribution in [0.2, 0.25) is 0 Å². The molecule has 1 amide bonds. The lowest BCUT2D eigenvalue weighted by Gasteiger charge is -2.32. The van der Waals surface area contributed by atoms with Crippen molar-refractivity contribution in [3.05, 3.63) is 0 Å². The van der Waals surface area contributed by atoms with E-state index in [4.69, 9.17) is 0 Å². The second-order valence-corrected chi connectivity index (χ2v) is 5.62. The molecule has 0 spiro atoms. The molecule has 6 heteroatoms. The first-order valence-electron chi connectivity index (χ1n) is 7.02. The minimum absolute atomic E-state index is 0.363. The summed E-state index contributed by atoms with van der Waals surface area (Å²) < 4.78 is 36.1. The maximum absolute atomic E-state index is 12.0. The average molecular weight is 278 g/mol. The molecule has 2 rings (SSSR count). The number of alkyl halides is 3. The number of nitrogens with one attached hydrogen (secondary N) is 1. The van der Waals surface area contributed by atoms with Crippen LogP contribution in [0.4, 0.5) is 13.2 Å². The van der Waals surface area contributed by atoms with E-state index in [-0.39, 0.29) is 5.91 Å². The molecule has 0 atom stereocenters. The van der Waals surface area contributed by atoms with Gasteiger partial charge in [0.2, 0.25) is 5.91 Å². The molecule has 0 aromatic rings. The van der Waals surface area contributed by atoms with Crippen LogP contribution in [-0.4, -0.2) is 42.7 Å². The zero-order valence-corrected chi connectivity index (χ0v) is 11.0. The maximum Gasteiger partial charge on any atom is 0.389 e. The number of piperidine rings is 1. The minimum atomic E-state index is -4.24. The molecule has 1 saturated carbocycles. The van der Waals surface area contributed by atoms with E-state index in [0.29, 0.717) is 19.1 Å². The van der Waals surface area contributed by atoms with Crippen LogP contribution < -0.4 is 5.32 Å². The monoisotopic (exact) mass is 278 g/mol. The summed E-state index contributed by atoms with van der Waals surface area (Å²) in [4.78, 5) is 13.2. The Labute approximate surface area is 111 Å². The van der Waals surface area contributed by atoms with Crippen molar-refractivity contribution in [3.63, 3.8) is 0 Å². The van der Waals surface area contributed by atoms with E-state index >= 15 is 0 Å². The fourth-order valence-corrected chi connectivity index (χ4v) is 2.40. The Bertz CT molecular complexity index is 308. The van der Waals surface area contributed by atoms with Crippen LogP contribution in [0, 0.1) is 5.92 Å². The Morgan fingerprint density at radius 2 is 1.79 bits per heavy atom. The summed E-state index contributed by atoms with van der Waals surface area (Å²) >= 11 is 0. The Hall–Kier alpha value is -0.780. The molecular formula is C13H21F3N2O. The number of hydrogen-bond donors (Lipinski definition) is 1. The SMILES string of the molecule is O=C(CCC(F)(F)F)N1CCC(NCC2CC2)CC1. The highest BCUT2D eigenvalue weighted by Crippen LogP contribution is 2.28. The molecule has 0 unspecified atom stereocenters. The van der Waals surface area contributed by atoms with Gasteiger partial charge in [0.05, 0.1) is 6.42 Å². The van der Waals surface area contributed by atoms with Gasteiger partial charge in [0.15, 0.2) is 0 Å². The van der Waals surface area contributed by atoms with E-state index < -0.39 is 19.0 Å². The smallest absolute Gasteiger partial charge is 0.343 e. The molecular weight excluding hydrogens is 257 g/mol. The molecule has 1 aliphatic carbocycles. The van der Waals surface area contributed by atoms with Gasteiger partial charge in [-0.25, -0.2) is 0 Å². The van der Waals surface area contributed by atoms with Gasteiger partial charge in [0, 0.05) is 25.6 Å². The maximum atomic E-state index is 12.0. The zero-order valence-electron chi connectivity index (χ0n) is 11.0. The third-order valence-electron chi connectivity index (χ3n) is 3.86. The second-order valence-electron chi connectivity index (χ2n) is 5.62. The predicted octanol–water partition coefficient (Wildman–Crippen LogP) is 2.32. The summed E-state index contributed by atoms with van der Waals surface area (Å²) in [6.07, 6.45) is -1.34. The van der Waals surface area contributed by atoms with Crippen LogP contribution >= 0.6 is 0 Å². The molecule has 2 fully saturated rings. The van der Waals surface area contributed by atoms with Gasteiger partial charge >= 0.3 is 6.18 Å². The minimum Gasteiger partial charge on any atom is -0.343 e. The average Bonchev–Trinajstić information content (AvgIpc) is 3.17. The van der Waals surface area contributed by atoms with Crippen molar-refractivity contribution in [3.8, 4) is 0 Å². The van der Waals surface area contributed by atoms with E-state index in [1.807, 2.05) is 0 Å². The van der Waals surface area contributed by atoms with Crippen LogP contribution in [-0.2, 0) is 4.79 Å². The number of hydrogen-bond acceptors (Lipinski definition) is 2. The summed E-state index contributed by atoms with van der Waals surface area (Å²) in [5.41, 5.74) is 0. The Morgan fingerprint density at radius 1 is 1.16 bits per heavy atom. The van der Waals surface area contributed by atoms with Gasteiger partial charge in [-0.05, 0) is 38.1 Å². The standard InChI is InChI=1S/C13H21F3N2O/c14-13(15,16)6-3-12(19)18-7-4-11(5-8-18)17-9-10-1-2-10/h10-11,17H,1-9H2. The molecule has 1 N–H and O–H groups in total. The largest absolute Gasteiger partial charge is 0.389 e. The molecule has 1 saturated heterocycles. The first-order valence-corrected chi connectivity index (χ1v) is 7.02.